The Hall–Kier alpha value is -0.860. The van der Waals surface area contributed by atoms with E-state index in [4.69, 9.17) is 16.6 Å². The lowest BCUT2D eigenvalue weighted by Crippen LogP contribution is -2.47. The van der Waals surface area contributed by atoms with Crippen LogP contribution in [0.25, 0.3) is 0 Å². The van der Waals surface area contributed by atoms with Gasteiger partial charge in [0.05, 0.1) is 4.34 Å². The average molecular weight is 416 g/mol. The van der Waals surface area contributed by atoms with Gasteiger partial charge in [0.15, 0.2) is 5.96 Å². The molecule has 6 nitrogen and oxygen atoms in total. The Morgan fingerprint density at radius 3 is 2.52 bits per heavy atom. The number of aliphatic hydroxyl groups excluding tert-OH is 1. The molecule has 1 aromatic heterocycles. The zero-order chi connectivity index (χ0) is 19.6. The van der Waals surface area contributed by atoms with Crippen LogP contribution in [-0.2, 0) is 0 Å². The van der Waals surface area contributed by atoms with E-state index in [1.807, 2.05) is 19.1 Å². The van der Waals surface area contributed by atoms with Crippen molar-refractivity contribution in [3.63, 3.8) is 0 Å². The number of thiophene rings is 1. The maximum absolute atomic E-state index is 10.3. The third-order valence-electron chi connectivity index (χ3n) is 4.77. The summed E-state index contributed by atoms with van der Waals surface area (Å²) in [6.45, 7) is 15.4. The van der Waals surface area contributed by atoms with Gasteiger partial charge in [0.1, 0.15) is 6.10 Å². The minimum Gasteiger partial charge on any atom is -0.386 e. The van der Waals surface area contributed by atoms with Crippen molar-refractivity contribution in [3.05, 3.63) is 21.3 Å². The Balaban J connectivity index is 1.76. The summed E-state index contributed by atoms with van der Waals surface area (Å²) in [4.78, 5) is 10.6. The predicted octanol–water partition coefficient (Wildman–Crippen LogP) is 2.26. The highest BCUT2D eigenvalue weighted by Gasteiger charge is 2.17. The fourth-order valence-electron chi connectivity index (χ4n) is 3.18. The van der Waals surface area contributed by atoms with Gasteiger partial charge in [-0.25, -0.2) is 0 Å². The summed E-state index contributed by atoms with van der Waals surface area (Å²) >= 11 is 7.35. The average Bonchev–Trinajstić information content (AvgIpc) is 3.11. The molecule has 0 aromatic carbocycles. The number of likely N-dealkylation sites (N-methyl/N-ethyl adjacent to an activating group) is 1. The molecule has 0 amide bonds. The van der Waals surface area contributed by atoms with Crippen molar-refractivity contribution in [1.29, 1.82) is 0 Å². The molecule has 1 aromatic rings. The van der Waals surface area contributed by atoms with Crippen molar-refractivity contribution < 1.29 is 5.11 Å². The van der Waals surface area contributed by atoms with Crippen molar-refractivity contribution in [2.24, 2.45) is 10.9 Å². The number of rotatable bonds is 9. The van der Waals surface area contributed by atoms with E-state index >= 15 is 0 Å². The van der Waals surface area contributed by atoms with Crippen LogP contribution < -0.4 is 10.6 Å². The molecular weight excluding hydrogens is 382 g/mol. The van der Waals surface area contributed by atoms with Crippen LogP contribution >= 0.6 is 22.9 Å². The molecule has 1 aliphatic heterocycles. The number of piperazine rings is 1. The number of halogens is 1. The Kier molecular flexibility index (Phi) is 9.86. The van der Waals surface area contributed by atoms with E-state index in [2.05, 4.69) is 34.3 Å². The molecule has 1 saturated heterocycles. The Morgan fingerprint density at radius 1 is 1.22 bits per heavy atom. The fourth-order valence-corrected chi connectivity index (χ4v) is 4.22. The second-order valence-corrected chi connectivity index (χ2v) is 8.84. The summed E-state index contributed by atoms with van der Waals surface area (Å²) in [5, 5.41) is 16.8. The van der Waals surface area contributed by atoms with Gasteiger partial charge >= 0.3 is 0 Å². The number of guanidine groups is 1. The molecule has 2 unspecified atom stereocenters. The molecule has 0 aliphatic carbocycles. The van der Waals surface area contributed by atoms with E-state index in [1.165, 1.54) is 24.4 Å². The minimum absolute atomic E-state index is 0.413. The lowest BCUT2D eigenvalue weighted by atomic mass is 10.1. The standard InChI is InChI=1S/C19H34ClN5OS/c1-4-21-19(23-13-16(26)17-6-7-18(20)27-17)22-12-15(3)14-25-10-8-24(5-2)9-11-25/h6-7,15-16,26H,4-5,8-14H2,1-3H3,(H2,21,22,23). The highest BCUT2D eigenvalue weighted by atomic mass is 35.5. The van der Waals surface area contributed by atoms with E-state index in [0.717, 1.165) is 50.1 Å². The smallest absolute Gasteiger partial charge is 0.191 e. The molecular formula is C19H34ClN5OS. The van der Waals surface area contributed by atoms with E-state index in [9.17, 15) is 5.11 Å². The monoisotopic (exact) mass is 415 g/mol. The molecule has 2 rings (SSSR count). The van der Waals surface area contributed by atoms with Crippen molar-refractivity contribution in [3.8, 4) is 0 Å². The number of nitrogens with one attached hydrogen (secondary N) is 2. The first kappa shape index (κ1) is 22.4. The van der Waals surface area contributed by atoms with Gasteiger partial charge in [-0.05, 0) is 31.5 Å². The number of aliphatic imine (C=N–C) groups is 1. The molecule has 1 aliphatic rings. The van der Waals surface area contributed by atoms with E-state index in [0.29, 0.717) is 16.8 Å². The zero-order valence-electron chi connectivity index (χ0n) is 16.7. The van der Waals surface area contributed by atoms with Crippen LogP contribution in [0.2, 0.25) is 4.34 Å². The van der Waals surface area contributed by atoms with E-state index in [-0.39, 0.29) is 0 Å². The molecule has 0 spiro atoms. The molecule has 154 valence electrons. The zero-order valence-corrected chi connectivity index (χ0v) is 18.3. The summed E-state index contributed by atoms with van der Waals surface area (Å²) in [6, 6.07) is 3.68. The van der Waals surface area contributed by atoms with Gasteiger partial charge < -0.3 is 25.5 Å². The number of hydrogen-bond donors (Lipinski definition) is 3. The largest absolute Gasteiger partial charge is 0.386 e. The van der Waals surface area contributed by atoms with Gasteiger partial charge in [-0.1, -0.05) is 25.4 Å². The van der Waals surface area contributed by atoms with Crippen molar-refractivity contribution in [2.45, 2.75) is 26.9 Å². The van der Waals surface area contributed by atoms with E-state index < -0.39 is 6.10 Å². The predicted molar refractivity (Wildman–Crippen MR) is 116 cm³/mol. The summed E-state index contributed by atoms with van der Waals surface area (Å²) in [6.07, 6.45) is -0.585. The number of hydrogen-bond acceptors (Lipinski definition) is 5. The van der Waals surface area contributed by atoms with Gasteiger partial charge in [0.2, 0.25) is 0 Å². The third-order valence-corrected chi connectivity index (χ3v) is 6.10. The van der Waals surface area contributed by atoms with Gasteiger partial charge in [0.25, 0.3) is 0 Å². The maximum Gasteiger partial charge on any atom is 0.191 e. The van der Waals surface area contributed by atoms with Crippen LogP contribution in [0.3, 0.4) is 0 Å². The molecule has 3 N–H and O–H groups in total. The first-order valence-electron chi connectivity index (χ1n) is 9.92. The van der Waals surface area contributed by atoms with Crippen LogP contribution in [0.15, 0.2) is 17.1 Å². The van der Waals surface area contributed by atoms with Crippen molar-refractivity contribution in [1.82, 2.24) is 20.4 Å². The van der Waals surface area contributed by atoms with Crippen LogP contribution in [-0.4, -0.2) is 79.8 Å². The van der Waals surface area contributed by atoms with Crippen LogP contribution in [0.5, 0.6) is 0 Å². The fraction of sp³-hybridized carbons (Fsp3) is 0.737. The lowest BCUT2D eigenvalue weighted by molar-refractivity contribution is 0.125. The summed E-state index contributed by atoms with van der Waals surface area (Å²) in [7, 11) is 0. The quantitative estimate of drug-likeness (QED) is 0.426. The first-order valence-corrected chi connectivity index (χ1v) is 11.1. The molecule has 2 heterocycles. The second-order valence-electron chi connectivity index (χ2n) is 7.10. The SMILES string of the molecule is CCNC(=NCC(C)CN1CCN(CC)CC1)NCC(O)c1ccc(Cl)s1. The van der Waals surface area contributed by atoms with Gasteiger partial charge in [0, 0.05) is 57.2 Å². The third kappa shape index (κ3) is 7.95. The normalized spacial score (nSPS) is 19.1. The Labute approximate surface area is 172 Å². The minimum atomic E-state index is -0.585. The van der Waals surface area contributed by atoms with Gasteiger partial charge in [-0.3, -0.25) is 4.99 Å². The van der Waals surface area contributed by atoms with Crippen molar-refractivity contribution in [2.75, 3.05) is 58.9 Å². The topological polar surface area (TPSA) is 63.1 Å². The molecule has 1 fully saturated rings. The van der Waals surface area contributed by atoms with Crippen LogP contribution in [0.4, 0.5) is 0 Å². The van der Waals surface area contributed by atoms with Gasteiger partial charge in [-0.15, -0.1) is 11.3 Å². The number of aliphatic hydroxyl groups is 1. The molecule has 2 atom stereocenters. The molecule has 27 heavy (non-hydrogen) atoms. The maximum atomic E-state index is 10.3. The molecule has 8 heteroatoms. The van der Waals surface area contributed by atoms with Crippen LogP contribution in [0, 0.1) is 5.92 Å². The highest BCUT2D eigenvalue weighted by Crippen LogP contribution is 2.26. The summed E-state index contributed by atoms with van der Waals surface area (Å²) in [5.41, 5.74) is 0. The summed E-state index contributed by atoms with van der Waals surface area (Å²) in [5.74, 6) is 1.25. The number of nitrogens with zero attached hydrogens (tertiary/aromatic N) is 3. The molecule has 0 saturated carbocycles. The molecule has 0 bridgehead atoms. The first-order chi connectivity index (χ1) is 13.0. The van der Waals surface area contributed by atoms with Gasteiger partial charge in [-0.2, -0.15) is 0 Å². The van der Waals surface area contributed by atoms with E-state index in [1.54, 1.807) is 0 Å². The van der Waals surface area contributed by atoms with Crippen molar-refractivity contribution >= 4 is 28.9 Å². The Morgan fingerprint density at radius 2 is 1.93 bits per heavy atom. The second kappa shape index (κ2) is 11.9. The van der Waals surface area contributed by atoms with Crippen LogP contribution in [0.1, 0.15) is 31.8 Å². The lowest BCUT2D eigenvalue weighted by Gasteiger charge is -2.35. The highest BCUT2D eigenvalue weighted by molar-refractivity contribution is 7.16. The molecule has 0 radical (unpaired) electrons. The summed E-state index contributed by atoms with van der Waals surface area (Å²) < 4.78 is 0.693. The Bertz CT molecular complexity index is 574.